The lowest BCUT2D eigenvalue weighted by molar-refractivity contribution is -0.119. The predicted octanol–water partition coefficient (Wildman–Crippen LogP) is 2.07. The van der Waals surface area contributed by atoms with E-state index in [0.29, 0.717) is 24.5 Å². The van der Waals surface area contributed by atoms with E-state index in [1.165, 1.54) is 17.9 Å². The summed E-state index contributed by atoms with van der Waals surface area (Å²) < 4.78 is 20.1. The minimum atomic E-state index is -0.537. The van der Waals surface area contributed by atoms with E-state index < -0.39 is 12.2 Å². The minimum Gasteiger partial charge on any atom is -0.442 e. The first-order chi connectivity index (χ1) is 14.0. The van der Waals surface area contributed by atoms with Gasteiger partial charge in [0.25, 0.3) is 0 Å². The van der Waals surface area contributed by atoms with Gasteiger partial charge in [-0.1, -0.05) is 0 Å². The molecule has 0 radical (unpaired) electrons. The molecule has 1 atom stereocenters. The molecule has 0 unspecified atom stereocenters. The van der Waals surface area contributed by atoms with Gasteiger partial charge in [-0.3, -0.25) is 9.69 Å². The number of benzene rings is 1. The SMILES string of the molecule is CC(=O)NC[C@H]1CN(c2ccc(N3CCN(c4nccs4)CC3)c(F)c2)C(=O)O1. The van der Waals surface area contributed by atoms with Gasteiger partial charge in [-0.05, 0) is 18.2 Å². The number of hydrogen-bond acceptors (Lipinski definition) is 7. The van der Waals surface area contributed by atoms with Gasteiger partial charge in [0.1, 0.15) is 11.9 Å². The van der Waals surface area contributed by atoms with Crippen molar-refractivity contribution in [1.82, 2.24) is 10.3 Å². The molecule has 3 heterocycles. The Hall–Kier alpha value is -2.88. The number of aromatic nitrogens is 1. The topological polar surface area (TPSA) is 78.0 Å². The fourth-order valence-electron chi connectivity index (χ4n) is 3.53. The van der Waals surface area contributed by atoms with Crippen molar-refractivity contribution in [1.29, 1.82) is 0 Å². The third kappa shape index (κ3) is 4.26. The second-order valence-corrected chi connectivity index (χ2v) is 7.85. The summed E-state index contributed by atoms with van der Waals surface area (Å²) in [6.07, 6.45) is 0.798. The molecule has 2 aliphatic rings. The molecule has 1 aromatic carbocycles. The van der Waals surface area contributed by atoms with E-state index in [-0.39, 0.29) is 24.8 Å². The maximum Gasteiger partial charge on any atom is 0.414 e. The first kappa shape index (κ1) is 19.4. The smallest absolute Gasteiger partial charge is 0.414 e. The van der Waals surface area contributed by atoms with Crippen LogP contribution in [0.15, 0.2) is 29.8 Å². The van der Waals surface area contributed by atoms with Gasteiger partial charge in [-0.15, -0.1) is 11.3 Å². The number of piperazine rings is 1. The van der Waals surface area contributed by atoms with Crippen LogP contribution in [0.3, 0.4) is 0 Å². The van der Waals surface area contributed by atoms with E-state index in [9.17, 15) is 14.0 Å². The highest BCUT2D eigenvalue weighted by molar-refractivity contribution is 7.13. The van der Waals surface area contributed by atoms with Gasteiger partial charge in [0.05, 0.1) is 24.5 Å². The Morgan fingerprint density at radius 3 is 2.72 bits per heavy atom. The lowest BCUT2D eigenvalue weighted by Crippen LogP contribution is -2.46. The lowest BCUT2D eigenvalue weighted by Gasteiger charge is -2.36. The maximum absolute atomic E-state index is 14.8. The second kappa shape index (κ2) is 8.24. The average molecular weight is 419 g/mol. The molecule has 8 nitrogen and oxygen atoms in total. The second-order valence-electron chi connectivity index (χ2n) is 6.98. The summed E-state index contributed by atoms with van der Waals surface area (Å²) in [5.74, 6) is -0.562. The van der Waals surface area contributed by atoms with Crippen molar-refractivity contribution in [2.24, 2.45) is 0 Å². The standard InChI is InChI=1S/C19H22FN5O3S/c1-13(26)22-11-15-12-25(19(27)28-15)14-2-3-17(16(20)10-14)23-5-7-24(8-6-23)18-21-4-9-29-18/h2-4,9-10,15H,5-8,11-12H2,1H3,(H,22,26)/t15-/m0/s1. The lowest BCUT2D eigenvalue weighted by atomic mass is 10.2. The van der Waals surface area contributed by atoms with Crippen LogP contribution in [0.4, 0.5) is 25.7 Å². The van der Waals surface area contributed by atoms with E-state index >= 15 is 0 Å². The number of anilines is 3. The molecule has 29 heavy (non-hydrogen) atoms. The summed E-state index contributed by atoms with van der Waals surface area (Å²) >= 11 is 1.60. The molecule has 1 aromatic heterocycles. The molecule has 0 aliphatic carbocycles. The number of cyclic esters (lactones) is 1. The fourth-order valence-corrected chi connectivity index (χ4v) is 4.22. The Balaban J connectivity index is 1.39. The quantitative estimate of drug-likeness (QED) is 0.800. The van der Waals surface area contributed by atoms with E-state index in [1.54, 1.807) is 29.7 Å². The van der Waals surface area contributed by atoms with Crippen LogP contribution >= 0.6 is 11.3 Å². The number of rotatable bonds is 5. The Bertz CT molecular complexity index is 886. The van der Waals surface area contributed by atoms with Crippen molar-refractivity contribution in [2.45, 2.75) is 13.0 Å². The average Bonchev–Trinajstić information content (AvgIpc) is 3.36. The number of nitrogens with one attached hydrogen (secondary N) is 1. The Morgan fingerprint density at radius 1 is 1.31 bits per heavy atom. The van der Waals surface area contributed by atoms with Crippen LogP contribution in [0.5, 0.6) is 0 Å². The normalized spacial score (nSPS) is 19.4. The van der Waals surface area contributed by atoms with Crippen LogP contribution in [0.25, 0.3) is 0 Å². The minimum absolute atomic E-state index is 0.190. The van der Waals surface area contributed by atoms with E-state index in [1.807, 2.05) is 10.3 Å². The molecule has 2 fully saturated rings. The highest BCUT2D eigenvalue weighted by atomic mass is 32.1. The predicted molar refractivity (Wildman–Crippen MR) is 109 cm³/mol. The molecule has 2 amide bonds. The van der Waals surface area contributed by atoms with Gasteiger partial charge in [0.2, 0.25) is 5.91 Å². The molecular formula is C19H22FN5O3S. The molecule has 2 saturated heterocycles. The van der Waals surface area contributed by atoms with Crippen LogP contribution in [-0.4, -0.2) is 62.4 Å². The van der Waals surface area contributed by atoms with Crippen LogP contribution in [0.1, 0.15) is 6.92 Å². The number of ether oxygens (including phenoxy) is 1. The third-order valence-corrected chi connectivity index (χ3v) is 5.84. The molecule has 2 aliphatic heterocycles. The van der Waals surface area contributed by atoms with Crippen molar-refractivity contribution in [3.63, 3.8) is 0 Å². The molecule has 2 aromatic rings. The van der Waals surface area contributed by atoms with Gasteiger partial charge in [-0.25, -0.2) is 14.2 Å². The summed E-state index contributed by atoms with van der Waals surface area (Å²) in [5.41, 5.74) is 0.970. The van der Waals surface area contributed by atoms with E-state index in [0.717, 1.165) is 18.2 Å². The zero-order valence-electron chi connectivity index (χ0n) is 16.0. The first-order valence-electron chi connectivity index (χ1n) is 9.43. The van der Waals surface area contributed by atoms with Gasteiger partial charge in [0.15, 0.2) is 5.13 Å². The van der Waals surface area contributed by atoms with Crippen LogP contribution in [0.2, 0.25) is 0 Å². The zero-order chi connectivity index (χ0) is 20.4. The number of carbonyl (C=O) groups excluding carboxylic acids is 2. The molecular weight excluding hydrogens is 397 g/mol. The van der Waals surface area contributed by atoms with Crippen molar-refractivity contribution in [3.05, 3.63) is 35.6 Å². The van der Waals surface area contributed by atoms with Gasteiger partial charge < -0.3 is 19.9 Å². The summed E-state index contributed by atoms with van der Waals surface area (Å²) in [7, 11) is 0. The summed E-state index contributed by atoms with van der Waals surface area (Å²) in [4.78, 5) is 33.1. The summed E-state index contributed by atoms with van der Waals surface area (Å²) in [6, 6.07) is 4.80. The Labute approximate surface area is 171 Å². The number of nitrogens with zero attached hydrogens (tertiary/aromatic N) is 4. The molecule has 1 N–H and O–H groups in total. The highest BCUT2D eigenvalue weighted by Crippen LogP contribution is 2.29. The highest BCUT2D eigenvalue weighted by Gasteiger charge is 2.33. The molecule has 0 bridgehead atoms. The van der Waals surface area contributed by atoms with E-state index in [4.69, 9.17) is 4.74 Å². The van der Waals surface area contributed by atoms with E-state index in [2.05, 4.69) is 15.2 Å². The number of amides is 2. The molecule has 0 saturated carbocycles. The molecule has 10 heteroatoms. The molecule has 154 valence electrons. The number of hydrogen-bond donors (Lipinski definition) is 1. The molecule has 0 spiro atoms. The monoisotopic (exact) mass is 419 g/mol. The largest absolute Gasteiger partial charge is 0.442 e. The van der Waals surface area contributed by atoms with Crippen LogP contribution < -0.4 is 20.0 Å². The Morgan fingerprint density at radius 2 is 2.07 bits per heavy atom. The number of halogens is 1. The van der Waals surface area contributed by atoms with Crippen LogP contribution in [-0.2, 0) is 9.53 Å². The van der Waals surface area contributed by atoms with Gasteiger partial charge in [0, 0.05) is 44.7 Å². The Kier molecular flexibility index (Phi) is 5.52. The number of carbonyl (C=O) groups is 2. The van der Waals surface area contributed by atoms with Crippen molar-refractivity contribution >= 4 is 39.8 Å². The fraction of sp³-hybridized carbons (Fsp3) is 0.421. The summed E-state index contributed by atoms with van der Waals surface area (Å²) in [6.45, 7) is 4.85. The van der Waals surface area contributed by atoms with Gasteiger partial charge in [-0.2, -0.15) is 0 Å². The number of thiazole rings is 1. The van der Waals surface area contributed by atoms with Crippen molar-refractivity contribution < 1.29 is 18.7 Å². The van der Waals surface area contributed by atoms with Gasteiger partial charge >= 0.3 is 6.09 Å². The zero-order valence-corrected chi connectivity index (χ0v) is 16.8. The first-order valence-corrected chi connectivity index (χ1v) is 10.3. The van der Waals surface area contributed by atoms with Crippen molar-refractivity contribution in [2.75, 3.05) is 54.0 Å². The maximum atomic E-state index is 14.8. The molecule has 4 rings (SSSR count). The summed E-state index contributed by atoms with van der Waals surface area (Å²) in [5, 5.41) is 5.56. The van der Waals surface area contributed by atoms with Crippen molar-refractivity contribution in [3.8, 4) is 0 Å². The third-order valence-electron chi connectivity index (χ3n) is 5.01. The van der Waals surface area contributed by atoms with Crippen LogP contribution in [0, 0.1) is 5.82 Å².